The first-order valence-corrected chi connectivity index (χ1v) is 8.19. The first-order valence-electron chi connectivity index (χ1n) is 8.19. The van der Waals surface area contributed by atoms with Gasteiger partial charge in [-0.05, 0) is 37.5 Å². The predicted molar refractivity (Wildman–Crippen MR) is 83.1 cm³/mol. The van der Waals surface area contributed by atoms with E-state index in [4.69, 9.17) is 9.26 Å². The lowest BCUT2D eigenvalue weighted by Gasteiger charge is -2.35. The van der Waals surface area contributed by atoms with Crippen LogP contribution in [-0.2, 0) is 4.74 Å². The topological polar surface area (TPSA) is 71.6 Å². The van der Waals surface area contributed by atoms with Gasteiger partial charge >= 0.3 is 0 Å². The minimum atomic E-state index is -0.0517. The Balaban J connectivity index is 1.47. The fourth-order valence-corrected chi connectivity index (χ4v) is 3.03. The van der Waals surface area contributed by atoms with Gasteiger partial charge in [0.2, 0.25) is 5.89 Å². The molecule has 4 rings (SSSR count). The first kappa shape index (κ1) is 14.7. The van der Waals surface area contributed by atoms with Gasteiger partial charge < -0.3 is 14.4 Å². The van der Waals surface area contributed by atoms with E-state index in [1.807, 2.05) is 12.1 Å². The van der Waals surface area contributed by atoms with Crippen LogP contribution in [0.1, 0.15) is 55.1 Å². The molecule has 2 fully saturated rings. The zero-order chi connectivity index (χ0) is 15.8. The molecule has 2 atom stereocenters. The molecular formula is C17H21N3O3. The van der Waals surface area contributed by atoms with Crippen LogP contribution in [0, 0.1) is 0 Å². The van der Waals surface area contributed by atoms with Crippen molar-refractivity contribution in [1.82, 2.24) is 15.0 Å². The van der Waals surface area contributed by atoms with Crippen molar-refractivity contribution in [3.05, 3.63) is 41.5 Å². The molecule has 6 heteroatoms. The summed E-state index contributed by atoms with van der Waals surface area (Å²) in [5.41, 5.74) is 0.992. The Morgan fingerprint density at radius 3 is 3.00 bits per heavy atom. The summed E-state index contributed by atoms with van der Waals surface area (Å²) in [6.45, 7) is 4.31. The Bertz CT molecular complexity index is 683. The molecule has 1 aliphatic heterocycles. The highest BCUT2D eigenvalue weighted by atomic mass is 16.5. The molecule has 122 valence electrons. The van der Waals surface area contributed by atoms with Gasteiger partial charge in [-0.25, -0.2) is 0 Å². The van der Waals surface area contributed by atoms with Crippen LogP contribution >= 0.6 is 0 Å². The third kappa shape index (κ3) is 3.09. The lowest BCUT2D eigenvalue weighted by atomic mass is 10.1. The maximum absolute atomic E-state index is 9.66. The Morgan fingerprint density at radius 1 is 1.35 bits per heavy atom. The molecule has 1 saturated heterocycles. The third-order valence-corrected chi connectivity index (χ3v) is 4.64. The second kappa shape index (κ2) is 5.94. The normalized spacial score (nSPS) is 23.8. The van der Waals surface area contributed by atoms with Crippen LogP contribution < -0.4 is 0 Å². The van der Waals surface area contributed by atoms with E-state index >= 15 is 0 Å². The Hall–Kier alpha value is -1.92. The molecule has 0 bridgehead atoms. The first-order chi connectivity index (χ1) is 11.2. The van der Waals surface area contributed by atoms with E-state index in [0.29, 0.717) is 18.4 Å². The molecule has 1 N–H and O–H groups in total. The van der Waals surface area contributed by atoms with Crippen LogP contribution in [0.4, 0.5) is 0 Å². The van der Waals surface area contributed by atoms with Crippen LogP contribution in [-0.4, -0.2) is 39.8 Å². The Morgan fingerprint density at radius 2 is 2.22 bits per heavy atom. The highest BCUT2D eigenvalue weighted by Crippen LogP contribution is 2.39. The van der Waals surface area contributed by atoms with E-state index in [1.54, 1.807) is 12.1 Å². The molecule has 2 unspecified atom stereocenters. The molecule has 6 nitrogen and oxygen atoms in total. The third-order valence-electron chi connectivity index (χ3n) is 4.64. The molecule has 1 aliphatic carbocycles. The van der Waals surface area contributed by atoms with E-state index in [-0.39, 0.29) is 17.9 Å². The van der Waals surface area contributed by atoms with Crippen LogP contribution in [0.15, 0.2) is 28.8 Å². The van der Waals surface area contributed by atoms with Gasteiger partial charge in [0, 0.05) is 19.0 Å². The lowest BCUT2D eigenvalue weighted by molar-refractivity contribution is -0.0470. The van der Waals surface area contributed by atoms with Gasteiger partial charge in [-0.15, -0.1) is 0 Å². The van der Waals surface area contributed by atoms with Gasteiger partial charge in [0.1, 0.15) is 5.75 Å². The summed E-state index contributed by atoms with van der Waals surface area (Å²) in [4.78, 5) is 6.85. The number of aromatic nitrogens is 2. The van der Waals surface area contributed by atoms with Crippen LogP contribution in [0.25, 0.3) is 0 Å². The molecule has 23 heavy (non-hydrogen) atoms. The average molecular weight is 315 g/mol. The zero-order valence-electron chi connectivity index (χ0n) is 13.2. The second-order valence-corrected chi connectivity index (χ2v) is 6.39. The molecule has 0 amide bonds. The SMILES string of the molecule is CC(c1nc(C2CC2)no1)N1CCOC(c2cccc(O)c2)C1. The molecule has 0 spiro atoms. The second-order valence-electron chi connectivity index (χ2n) is 6.39. The van der Waals surface area contributed by atoms with Crippen LogP contribution in [0.5, 0.6) is 5.75 Å². The number of hydrogen-bond acceptors (Lipinski definition) is 6. The van der Waals surface area contributed by atoms with E-state index < -0.39 is 0 Å². The lowest BCUT2D eigenvalue weighted by Crippen LogP contribution is -2.40. The minimum absolute atomic E-state index is 0.0517. The van der Waals surface area contributed by atoms with Crippen molar-refractivity contribution in [2.45, 2.75) is 37.8 Å². The van der Waals surface area contributed by atoms with Gasteiger partial charge in [-0.1, -0.05) is 17.3 Å². The van der Waals surface area contributed by atoms with Gasteiger partial charge in [-0.2, -0.15) is 4.98 Å². The summed E-state index contributed by atoms with van der Waals surface area (Å²) < 4.78 is 11.3. The molecule has 0 radical (unpaired) electrons. The van der Waals surface area contributed by atoms with Gasteiger partial charge in [0.25, 0.3) is 0 Å². The minimum Gasteiger partial charge on any atom is -0.508 e. The fraction of sp³-hybridized carbons (Fsp3) is 0.529. The van der Waals surface area contributed by atoms with Crippen molar-refractivity contribution in [3.8, 4) is 5.75 Å². The van der Waals surface area contributed by atoms with Gasteiger partial charge in [-0.3, -0.25) is 4.90 Å². The Kier molecular flexibility index (Phi) is 3.79. The number of nitrogens with zero attached hydrogens (tertiary/aromatic N) is 3. The van der Waals surface area contributed by atoms with Crippen LogP contribution in [0.3, 0.4) is 0 Å². The molecule has 1 saturated carbocycles. The highest BCUT2D eigenvalue weighted by molar-refractivity contribution is 5.29. The number of phenols is 1. The summed E-state index contributed by atoms with van der Waals surface area (Å²) in [6, 6.07) is 7.33. The van der Waals surface area contributed by atoms with Gasteiger partial charge in [0.05, 0.1) is 18.8 Å². The summed E-state index contributed by atoms with van der Waals surface area (Å²) in [5.74, 6) is 2.31. The standard InChI is InChI=1S/C17H21N3O3/c1-11(17-18-16(19-23-17)12-5-6-12)20-7-8-22-15(10-20)13-3-2-4-14(21)9-13/h2-4,9,11-12,15,21H,5-8,10H2,1H3. The number of phenolic OH excluding ortho intramolecular Hbond substituents is 1. The summed E-state index contributed by atoms with van der Waals surface area (Å²) in [6.07, 6.45) is 2.29. The average Bonchev–Trinajstić information content (AvgIpc) is 3.31. The van der Waals surface area contributed by atoms with Crippen LogP contribution in [0.2, 0.25) is 0 Å². The quantitative estimate of drug-likeness (QED) is 0.935. The molecule has 1 aromatic carbocycles. The van der Waals surface area contributed by atoms with E-state index in [9.17, 15) is 5.11 Å². The molecule has 1 aromatic heterocycles. The van der Waals surface area contributed by atoms with Gasteiger partial charge in [0.15, 0.2) is 5.82 Å². The molecule has 2 aromatic rings. The number of ether oxygens (including phenoxy) is 1. The maximum atomic E-state index is 9.66. The fourth-order valence-electron chi connectivity index (χ4n) is 3.03. The number of rotatable bonds is 4. The smallest absolute Gasteiger partial charge is 0.243 e. The van der Waals surface area contributed by atoms with E-state index in [1.165, 1.54) is 12.8 Å². The van der Waals surface area contributed by atoms with Crippen molar-refractivity contribution in [1.29, 1.82) is 0 Å². The molecule has 2 aliphatic rings. The molecule has 2 heterocycles. The van der Waals surface area contributed by atoms with Crippen molar-refractivity contribution < 1.29 is 14.4 Å². The number of aromatic hydroxyl groups is 1. The Labute approximate surface area is 135 Å². The van der Waals surface area contributed by atoms with Crippen molar-refractivity contribution in [2.24, 2.45) is 0 Å². The predicted octanol–water partition coefficient (Wildman–Crippen LogP) is 2.79. The summed E-state index contributed by atoms with van der Waals surface area (Å²) >= 11 is 0. The number of morpholine rings is 1. The highest BCUT2D eigenvalue weighted by Gasteiger charge is 2.32. The van der Waals surface area contributed by atoms with Crippen molar-refractivity contribution in [2.75, 3.05) is 19.7 Å². The number of hydrogen-bond donors (Lipinski definition) is 1. The van der Waals surface area contributed by atoms with E-state index in [2.05, 4.69) is 22.0 Å². The zero-order valence-corrected chi connectivity index (χ0v) is 13.2. The largest absolute Gasteiger partial charge is 0.508 e. The van der Waals surface area contributed by atoms with Crippen molar-refractivity contribution >= 4 is 0 Å². The maximum Gasteiger partial charge on any atom is 0.243 e. The number of benzene rings is 1. The van der Waals surface area contributed by atoms with Crippen molar-refractivity contribution in [3.63, 3.8) is 0 Å². The molecular weight excluding hydrogens is 294 g/mol. The summed E-state index contributed by atoms with van der Waals surface area (Å²) in [5, 5.41) is 13.8. The summed E-state index contributed by atoms with van der Waals surface area (Å²) in [7, 11) is 0. The van der Waals surface area contributed by atoms with E-state index in [0.717, 1.165) is 24.5 Å². The monoisotopic (exact) mass is 315 g/mol.